The molecule has 0 aliphatic carbocycles. The largest absolute Gasteiger partial charge is 0.367 e. The SMILES string of the molecule is CC[NH+](CC)CCC[C@H](C)Nc1nc(C)nc2ccccc12. The quantitative estimate of drug-likeness (QED) is 0.787. The Morgan fingerprint density at radius 3 is 2.59 bits per heavy atom. The van der Waals surface area contributed by atoms with Crippen molar-refractivity contribution in [1.29, 1.82) is 0 Å². The van der Waals surface area contributed by atoms with E-state index in [9.17, 15) is 0 Å². The highest BCUT2D eigenvalue weighted by molar-refractivity contribution is 5.89. The van der Waals surface area contributed by atoms with Gasteiger partial charge in [-0.3, -0.25) is 0 Å². The lowest BCUT2D eigenvalue weighted by Gasteiger charge is -2.19. The number of aromatic nitrogens is 2. The van der Waals surface area contributed by atoms with Crippen LogP contribution in [0.5, 0.6) is 0 Å². The molecule has 1 atom stereocenters. The summed E-state index contributed by atoms with van der Waals surface area (Å²) in [5.74, 6) is 1.78. The standard InChI is InChI=1S/C18H28N4/c1-5-22(6-2)13-9-10-14(3)19-18-16-11-7-8-12-17(16)20-15(4)21-18/h7-8,11-12,14H,5-6,9-10,13H2,1-4H3,(H,19,20,21)/p+1/t14-/m0/s1. The number of rotatable bonds is 8. The van der Waals surface area contributed by atoms with E-state index < -0.39 is 0 Å². The summed E-state index contributed by atoms with van der Waals surface area (Å²) in [7, 11) is 0. The molecule has 0 unspecified atom stereocenters. The molecule has 2 N–H and O–H groups in total. The maximum Gasteiger partial charge on any atom is 0.137 e. The molecule has 0 saturated heterocycles. The number of nitrogens with one attached hydrogen (secondary N) is 2. The number of hydrogen-bond acceptors (Lipinski definition) is 3. The smallest absolute Gasteiger partial charge is 0.137 e. The molecule has 120 valence electrons. The fourth-order valence-electron chi connectivity index (χ4n) is 2.87. The van der Waals surface area contributed by atoms with Gasteiger partial charge in [-0.2, -0.15) is 0 Å². The molecule has 0 bridgehead atoms. The Morgan fingerprint density at radius 1 is 1.14 bits per heavy atom. The first kappa shape index (κ1) is 16.7. The van der Waals surface area contributed by atoms with Gasteiger partial charge in [0.25, 0.3) is 0 Å². The van der Waals surface area contributed by atoms with Crippen LogP contribution in [0.4, 0.5) is 5.82 Å². The van der Waals surface area contributed by atoms with Crippen LogP contribution >= 0.6 is 0 Å². The van der Waals surface area contributed by atoms with Crippen molar-refractivity contribution in [2.45, 2.75) is 46.6 Å². The molecule has 0 amide bonds. The van der Waals surface area contributed by atoms with Crippen molar-refractivity contribution < 1.29 is 4.90 Å². The van der Waals surface area contributed by atoms with Crippen LogP contribution in [0.15, 0.2) is 24.3 Å². The maximum atomic E-state index is 4.59. The van der Waals surface area contributed by atoms with Crippen LogP contribution in [0, 0.1) is 6.92 Å². The molecular weight excluding hydrogens is 272 g/mol. The van der Waals surface area contributed by atoms with E-state index in [4.69, 9.17) is 0 Å². The fourth-order valence-corrected chi connectivity index (χ4v) is 2.87. The molecule has 0 radical (unpaired) electrons. The van der Waals surface area contributed by atoms with E-state index in [0.29, 0.717) is 6.04 Å². The number of para-hydroxylation sites is 1. The number of hydrogen-bond donors (Lipinski definition) is 2. The first-order valence-corrected chi connectivity index (χ1v) is 8.47. The molecule has 4 nitrogen and oxygen atoms in total. The van der Waals surface area contributed by atoms with Crippen molar-refractivity contribution in [2.24, 2.45) is 0 Å². The molecule has 4 heteroatoms. The number of quaternary nitrogens is 1. The van der Waals surface area contributed by atoms with Crippen LogP contribution in [0.1, 0.15) is 39.4 Å². The Labute approximate surface area is 134 Å². The molecule has 0 aliphatic heterocycles. The molecule has 1 heterocycles. The van der Waals surface area contributed by atoms with Crippen molar-refractivity contribution in [3.05, 3.63) is 30.1 Å². The first-order chi connectivity index (χ1) is 10.6. The summed E-state index contributed by atoms with van der Waals surface area (Å²) in [4.78, 5) is 10.8. The van der Waals surface area contributed by atoms with Crippen molar-refractivity contribution in [3.8, 4) is 0 Å². The monoisotopic (exact) mass is 301 g/mol. The van der Waals surface area contributed by atoms with E-state index in [1.165, 1.54) is 32.5 Å². The molecule has 2 aromatic rings. The topological polar surface area (TPSA) is 42.2 Å². The summed E-state index contributed by atoms with van der Waals surface area (Å²) < 4.78 is 0. The van der Waals surface area contributed by atoms with Crippen LogP contribution in [0.25, 0.3) is 10.9 Å². The minimum Gasteiger partial charge on any atom is -0.367 e. The van der Waals surface area contributed by atoms with Gasteiger partial charge in [-0.25, -0.2) is 9.97 Å². The lowest BCUT2D eigenvalue weighted by Crippen LogP contribution is -3.11. The third-order valence-corrected chi connectivity index (χ3v) is 4.27. The molecule has 0 saturated carbocycles. The minimum absolute atomic E-state index is 0.424. The lowest BCUT2D eigenvalue weighted by atomic mass is 10.1. The van der Waals surface area contributed by atoms with Gasteiger partial charge in [-0.15, -0.1) is 0 Å². The van der Waals surface area contributed by atoms with Crippen LogP contribution in [0.2, 0.25) is 0 Å². The maximum absolute atomic E-state index is 4.59. The van der Waals surface area contributed by atoms with E-state index in [1.807, 2.05) is 25.1 Å². The summed E-state index contributed by atoms with van der Waals surface area (Å²) in [6, 6.07) is 8.62. The zero-order chi connectivity index (χ0) is 15.9. The summed E-state index contributed by atoms with van der Waals surface area (Å²) in [6.45, 7) is 12.4. The molecule has 0 fully saturated rings. The lowest BCUT2D eigenvalue weighted by molar-refractivity contribution is -0.896. The van der Waals surface area contributed by atoms with Crippen LogP contribution < -0.4 is 10.2 Å². The second-order valence-corrected chi connectivity index (χ2v) is 6.03. The van der Waals surface area contributed by atoms with Crippen molar-refractivity contribution in [2.75, 3.05) is 25.0 Å². The van der Waals surface area contributed by atoms with E-state index in [1.54, 1.807) is 4.90 Å². The van der Waals surface area contributed by atoms with Gasteiger partial charge in [0.15, 0.2) is 0 Å². The Hall–Kier alpha value is -1.68. The summed E-state index contributed by atoms with van der Waals surface area (Å²) >= 11 is 0. The van der Waals surface area contributed by atoms with Gasteiger partial charge >= 0.3 is 0 Å². The normalized spacial score (nSPS) is 12.8. The van der Waals surface area contributed by atoms with Gasteiger partial charge in [-0.1, -0.05) is 12.1 Å². The average Bonchev–Trinajstić information content (AvgIpc) is 2.51. The fraction of sp³-hybridized carbons (Fsp3) is 0.556. The van der Waals surface area contributed by atoms with Gasteiger partial charge in [-0.05, 0) is 52.7 Å². The molecule has 0 spiro atoms. The van der Waals surface area contributed by atoms with E-state index in [2.05, 4.69) is 42.1 Å². The van der Waals surface area contributed by atoms with E-state index in [-0.39, 0.29) is 0 Å². The van der Waals surface area contributed by atoms with Crippen LogP contribution in [0.3, 0.4) is 0 Å². The molecule has 1 aromatic heterocycles. The summed E-state index contributed by atoms with van der Waals surface area (Å²) in [6.07, 6.45) is 2.41. The predicted octanol–water partition coefficient (Wildman–Crippen LogP) is 2.44. The summed E-state index contributed by atoms with van der Waals surface area (Å²) in [5.41, 5.74) is 1.01. The zero-order valence-electron chi connectivity index (χ0n) is 14.3. The Morgan fingerprint density at radius 2 is 1.86 bits per heavy atom. The highest BCUT2D eigenvalue weighted by atomic mass is 15.1. The molecular formula is C18H29N4+. The molecule has 22 heavy (non-hydrogen) atoms. The van der Waals surface area contributed by atoms with E-state index in [0.717, 1.165) is 22.5 Å². The van der Waals surface area contributed by atoms with Gasteiger partial charge in [0.1, 0.15) is 11.6 Å². The van der Waals surface area contributed by atoms with Crippen LogP contribution in [-0.2, 0) is 0 Å². The Bertz CT molecular complexity index is 593. The zero-order valence-corrected chi connectivity index (χ0v) is 14.3. The minimum atomic E-state index is 0.424. The van der Waals surface area contributed by atoms with Crippen molar-refractivity contribution >= 4 is 16.7 Å². The van der Waals surface area contributed by atoms with E-state index >= 15 is 0 Å². The number of fused-ring (bicyclic) bond motifs is 1. The third kappa shape index (κ3) is 4.41. The Balaban J connectivity index is 1.98. The molecule has 2 rings (SSSR count). The highest BCUT2D eigenvalue weighted by Gasteiger charge is 2.10. The molecule has 0 aliphatic rings. The third-order valence-electron chi connectivity index (χ3n) is 4.27. The predicted molar refractivity (Wildman–Crippen MR) is 93.5 cm³/mol. The number of aryl methyl sites for hydroxylation is 1. The average molecular weight is 301 g/mol. The second kappa shape index (κ2) is 8.08. The highest BCUT2D eigenvalue weighted by Crippen LogP contribution is 2.21. The first-order valence-electron chi connectivity index (χ1n) is 8.47. The second-order valence-electron chi connectivity index (χ2n) is 6.03. The van der Waals surface area contributed by atoms with Crippen molar-refractivity contribution in [3.63, 3.8) is 0 Å². The van der Waals surface area contributed by atoms with Gasteiger partial charge in [0, 0.05) is 11.4 Å². The Kier molecular flexibility index (Phi) is 6.13. The van der Waals surface area contributed by atoms with Gasteiger partial charge in [0.2, 0.25) is 0 Å². The van der Waals surface area contributed by atoms with Gasteiger partial charge < -0.3 is 10.2 Å². The van der Waals surface area contributed by atoms with Gasteiger partial charge in [0.05, 0.1) is 25.2 Å². The van der Waals surface area contributed by atoms with Crippen LogP contribution in [-0.4, -0.2) is 35.6 Å². The molecule has 1 aromatic carbocycles. The summed E-state index contributed by atoms with van der Waals surface area (Å²) in [5, 5.41) is 4.68. The van der Waals surface area contributed by atoms with Crippen molar-refractivity contribution in [1.82, 2.24) is 9.97 Å². The number of benzene rings is 1. The number of nitrogens with zero attached hydrogens (tertiary/aromatic N) is 2. The number of anilines is 1.